The molecule has 0 saturated carbocycles. The molecular formula is C14H14BrN3O2S. The molecule has 21 heavy (non-hydrogen) atoms. The van der Waals surface area contributed by atoms with Gasteiger partial charge in [0, 0.05) is 24.7 Å². The molecule has 0 radical (unpaired) electrons. The number of nitrogens with zero attached hydrogens (tertiary/aromatic N) is 2. The Morgan fingerprint density at radius 2 is 2.00 bits per heavy atom. The molecule has 7 heteroatoms. The molecule has 0 unspecified atom stereocenters. The van der Waals surface area contributed by atoms with E-state index in [-0.39, 0.29) is 11.7 Å². The van der Waals surface area contributed by atoms with Crippen LogP contribution in [0, 0.1) is 0 Å². The number of oxime groups is 1. The molecule has 1 aromatic heterocycles. The molecule has 0 aliphatic carbocycles. The Kier molecular flexibility index (Phi) is 4.98. The smallest absolute Gasteiger partial charge is 0.253 e. The van der Waals surface area contributed by atoms with E-state index < -0.39 is 0 Å². The quantitative estimate of drug-likeness (QED) is 0.377. The van der Waals surface area contributed by atoms with Crippen LogP contribution < -0.4 is 5.73 Å². The van der Waals surface area contributed by atoms with Crippen molar-refractivity contribution in [2.24, 2.45) is 10.9 Å². The number of carbonyl (C=O) groups excluding carboxylic acids is 1. The number of nitrogens with two attached hydrogens (primary N) is 1. The highest BCUT2D eigenvalue weighted by Gasteiger charge is 2.13. The minimum absolute atomic E-state index is 0.0190. The summed E-state index contributed by atoms with van der Waals surface area (Å²) in [4.78, 5) is 14.0. The zero-order chi connectivity index (χ0) is 15.4. The molecule has 0 aliphatic rings. The Balaban J connectivity index is 2.08. The molecule has 0 spiro atoms. The molecule has 0 atom stereocenters. The first kappa shape index (κ1) is 15.5. The van der Waals surface area contributed by atoms with Crippen molar-refractivity contribution in [1.29, 1.82) is 0 Å². The van der Waals surface area contributed by atoms with Crippen molar-refractivity contribution < 1.29 is 10.0 Å². The van der Waals surface area contributed by atoms with Gasteiger partial charge in [0.15, 0.2) is 5.84 Å². The molecule has 1 heterocycles. The van der Waals surface area contributed by atoms with Crippen LogP contribution in [-0.4, -0.2) is 28.9 Å². The first-order chi connectivity index (χ1) is 10.0. The number of halogens is 1. The monoisotopic (exact) mass is 367 g/mol. The summed E-state index contributed by atoms with van der Waals surface area (Å²) in [6.07, 6.45) is 0. The van der Waals surface area contributed by atoms with Gasteiger partial charge in [0.1, 0.15) is 0 Å². The molecule has 0 aliphatic heterocycles. The van der Waals surface area contributed by atoms with E-state index in [1.54, 1.807) is 47.5 Å². The average molecular weight is 368 g/mol. The molecule has 0 saturated heterocycles. The van der Waals surface area contributed by atoms with Crippen LogP contribution in [0.25, 0.3) is 0 Å². The van der Waals surface area contributed by atoms with Crippen LogP contribution in [0.5, 0.6) is 0 Å². The van der Waals surface area contributed by atoms with Crippen molar-refractivity contribution in [2.75, 3.05) is 7.05 Å². The van der Waals surface area contributed by atoms with E-state index in [9.17, 15) is 4.79 Å². The molecule has 3 N–H and O–H groups in total. The Morgan fingerprint density at radius 1 is 1.38 bits per heavy atom. The van der Waals surface area contributed by atoms with Gasteiger partial charge in [-0.15, -0.1) is 11.3 Å². The van der Waals surface area contributed by atoms with Crippen molar-refractivity contribution in [1.82, 2.24) is 4.90 Å². The third-order valence-electron chi connectivity index (χ3n) is 2.92. The van der Waals surface area contributed by atoms with Gasteiger partial charge in [-0.25, -0.2) is 0 Å². The van der Waals surface area contributed by atoms with Crippen molar-refractivity contribution in [3.63, 3.8) is 0 Å². The van der Waals surface area contributed by atoms with Gasteiger partial charge in [-0.3, -0.25) is 4.79 Å². The van der Waals surface area contributed by atoms with Gasteiger partial charge in [-0.05, 0) is 45.1 Å². The largest absolute Gasteiger partial charge is 0.409 e. The molecule has 0 fully saturated rings. The Hall–Kier alpha value is -1.86. The van der Waals surface area contributed by atoms with Crippen LogP contribution in [0.15, 0.2) is 44.7 Å². The number of hydrogen-bond donors (Lipinski definition) is 2. The SMILES string of the molecule is CN(Cc1csc(Br)c1)C(=O)c1ccc(C(N)=NO)cc1. The van der Waals surface area contributed by atoms with Crippen molar-refractivity contribution in [3.8, 4) is 0 Å². The van der Waals surface area contributed by atoms with Gasteiger partial charge in [-0.2, -0.15) is 0 Å². The summed E-state index contributed by atoms with van der Waals surface area (Å²) in [6.45, 7) is 0.545. The molecule has 0 bridgehead atoms. The van der Waals surface area contributed by atoms with Crippen molar-refractivity contribution >= 4 is 39.0 Å². The number of hydrogen-bond acceptors (Lipinski definition) is 4. The second-order valence-electron chi connectivity index (χ2n) is 4.48. The second kappa shape index (κ2) is 6.73. The summed E-state index contributed by atoms with van der Waals surface area (Å²) in [5.41, 5.74) is 7.69. The van der Waals surface area contributed by atoms with Crippen molar-refractivity contribution in [2.45, 2.75) is 6.54 Å². The summed E-state index contributed by atoms with van der Waals surface area (Å²) < 4.78 is 1.04. The minimum Gasteiger partial charge on any atom is -0.409 e. The molecule has 2 aromatic rings. The van der Waals surface area contributed by atoms with Gasteiger partial charge < -0.3 is 15.8 Å². The van der Waals surface area contributed by atoms with Crippen LogP contribution in [0.3, 0.4) is 0 Å². The van der Waals surface area contributed by atoms with E-state index >= 15 is 0 Å². The van der Waals surface area contributed by atoms with E-state index in [0.717, 1.165) is 9.35 Å². The maximum atomic E-state index is 12.3. The topological polar surface area (TPSA) is 78.9 Å². The minimum atomic E-state index is -0.0802. The first-order valence-corrected chi connectivity index (χ1v) is 7.75. The van der Waals surface area contributed by atoms with Crippen LogP contribution in [0.2, 0.25) is 0 Å². The highest BCUT2D eigenvalue weighted by Crippen LogP contribution is 2.22. The second-order valence-corrected chi connectivity index (χ2v) is 6.77. The normalized spacial score (nSPS) is 11.4. The Bertz CT molecular complexity index is 667. The van der Waals surface area contributed by atoms with Gasteiger partial charge in [0.05, 0.1) is 3.79 Å². The number of amides is 1. The molecule has 1 aromatic carbocycles. The number of carbonyl (C=O) groups is 1. The average Bonchev–Trinajstić information content (AvgIpc) is 2.90. The summed E-state index contributed by atoms with van der Waals surface area (Å²) in [6, 6.07) is 8.62. The maximum absolute atomic E-state index is 12.3. The maximum Gasteiger partial charge on any atom is 0.253 e. The predicted molar refractivity (Wildman–Crippen MR) is 86.8 cm³/mol. The molecule has 2 rings (SSSR count). The van der Waals surface area contributed by atoms with Gasteiger partial charge >= 0.3 is 0 Å². The fourth-order valence-corrected chi connectivity index (χ4v) is 3.04. The fraction of sp³-hybridized carbons (Fsp3) is 0.143. The van der Waals surface area contributed by atoms with E-state index in [0.29, 0.717) is 17.7 Å². The number of thiophene rings is 1. The highest BCUT2D eigenvalue weighted by molar-refractivity contribution is 9.11. The summed E-state index contributed by atoms with van der Waals surface area (Å²) >= 11 is 4.99. The third-order valence-corrected chi connectivity index (χ3v) is 4.48. The van der Waals surface area contributed by atoms with Crippen LogP contribution >= 0.6 is 27.3 Å². The first-order valence-electron chi connectivity index (χ1n) is 6.07. The zero-order valence-electron chi connectivity index (χ0n) is 11.3. The number of benzene rings is 1. The highest BCUT2D eigenvalue weighted by atomic mass is 79.9. The molecule has 5 nitrogen and oxygen atoms in total. The van der Waals surface area contributed by atoms with E-state index in [1.165, 1.54) is 0 Å². The Morgan fingerprint density at radius 3 is 2.52 bits per heavy atom. The lowest BCUT2D eigenvalue weighted by atomic mass is 10.1. The van der Waals surface area contributed by atoms with E-state index in [4.69, 9.17) is 10.9 Å². The lowest BCUT2D eigenvalue weighted by Gasteiger charge is -2.16. The van der Waals surface area contributed by atoms with E-state index in [1.807, 2.05) is 11.4 Å². The lowest BCUT2D eigenvalue weighted by molar-refractivity contribution is 0.0785. The summed E-state index contributed by atoms with van der Waals surface area (Å²) in [5, 5.41) is 13.5. The van der Waals surface area contributed by atoms with Crippen molar-refractivity contribution in [3.05, 3.63) is 56.2 Å². The van der Waals surface area contributed by atoms with Crippen LogP contribution in [0.4, 0.5) is 0 Å². The van der Waals surface area contributed by atoms with Gasteiger partial charge in [0.2, 0.25) is 0 Å². The lowest BCUT2D eigenvalue weighted by Crippen LogP contribution is -2.26. The number of amidine groups is 1. The molecule has 1 amide bonds. The number of rotatable bonds is 4. The molecule has 110 valence electrons. The standard InChI is InChI=1S/C14H14BrN3O2S/c1-18(7-9-6-12(15)21-8-9)14(19)11-4-2-10(3-5-11)13(16)17-20/h2-6,8,20H,7H2,1H3,(H2,16,17). The fourth-order valence-electron chi connectivity index (χ4n) is 1.84. The van der Waals surface area contributed by atoms with E-state index in [2.05, 4.69) is 21.1 Å². The van der Waals surface area contributed by atoms with Gasteiger partial charge in [-0.1, -0.05) is 17.3 Å². The summed E-state index contributed by atoms with van der Waals surface area (Å²) in [7, 11) is 1.76. The van der Waals surface area contributed by atoms with Crippen LogP contribution in [0.1, 0.15) is 21.5 Å². The predicted octanol–water partition coefficient (Wildman–Crippen LogP) is 2.88. The Labute approximate surface area is 134 Å². The van der Waals surface area contributed by atoms with Crippen LogP contribution in [-0.2, 0) is 6.54 Å². The zero-order valence-corrected chi connectivity index (χ0v) is 13.7. The molecular weight excluding hydrogens is 354 g/mol. The summed E-state index contributed by atoms with van der Waals surface area (Å²) in [5.74, 6) is -0.0612. The van der Waals surface area contributed by atoms with Gasteiger partial charge in [0.25, 0.3) is 5.91 Å². The third kappa shape index (κ3) is 3.83.